The summed E-state index contributed by atoms with van der Waals surface area (Å²) in [5, 5.41) is 9.04. The topological polar surface area (TPSA) is 150 Å². The van der Waals surface area contributed by atoms with Crippen LogP contribution in [0.4, 0.5) is 5.95 Å². The highest BCUT2D eigenvalue weighted by molar-refractivity contribution is 7.89. The number of primary sulfonamides is 1. The molecule has 0 fully saturated rings. The number of fused-ring (bicyclic) bond motifs is 1. The van der Waals surface area contributed by atoms with Gasteiger partial charge in [-0.1, -0.05) is 30.3 Å². The lowest BCUT2D eigenvalue weighted by Gasteiger charge is -2.12. The molecular formula is C24H23N5O4S. The maximum Gasteiger partial charge on any atom is 0.248 e. The molecule has 1 amide bonds. The maximum absolute atomic E-state index is 11.4. The van der Waals surface area contributed by atoms with Crippen LogP contribution in [-0.4, -0.2) is 30.9 Å². The lowest BCUT2D eigenvalue weighted by atomic mass is 10.0. The number of hydrogen-bond donors (Lipinski definition) is 3. The van der Waals surface area contributed by atoms with Crippen molar-refractivity contribution in [3.63, 3.8) is 0 Å². The van der Waals surface area contributed by atoms with Crippen molar-refractivity contribution in [3.05, 3.63) is 77.9 Å². The molecule has 9 nitrogen and oxygen atoms in total. The zero-order valence-corrected chi connectivity index (χ0v) is 19.2. The van der Waals surface area contributed by atoms with Gasteiger partial charge in [0, 0.05) is 12.1 Å². The first-order valence-electron chi connectivity index (χ1n) is 10.4. The van der Waals surface area contributed by atoms with Crippen molar-refractivity contribution in [3.8, 4) is 17.0 Å². The van der Waals surface area contributed by atoms with E-state index in [-0.39, 0.29) is 4.90 Å². The van der Waals surface area contributed by atoms with E-state index in [0.29, 0.717) is 36.1 Å². The van der Waals surface area contributed by atoms with Crippen molar-refractivity contribution in [1.82, 2.24) is 9.97 Å². The number of benzene rings is 3. The molecular weight excluding hydrogens is 454 g/mol. The van der Waals surface area contributed by atoms with Crippen LogP contribution < -0.4 is 20.9 Å². The molecule has 0 saturated heterocycles. The van der Waals surface area contributed by atoms with Gasteiger partial charge in [0.05, 0.1) is 22.4 Å². The van der Waals surface area contributed by atoms with Crippen molar-refractivity contribution in [2.24, 2.45) is 10.9 Å². The fourth-order valence-corrected chi connectivity index (χ4v) is 3.93. The molecule has 0 atom stereocenters. The Bertz CT molecular complexity index is 1450. The summed E-state index contributed by atoms with van der Waals surface area (Å²) < 4.78 is 28.6. The largest absolute Gasteiger partial charge is 0.477 e. The predicted octanol–water partition coefficient (Wildman–Crippen LogP) is 3.05. The van der Waals surface area contributed by atoms with Gasteiger partial charge in [0.15, 0.2) is 0 Å². The fraction of sp³-hybridized carbons (Fsp3) is 0.125. The number of nitrogens with one attached hydrogen (secondary N) is 1. The van der Waals surface area contributed by atoms with Gasteiger partial charge in [-0.05, 0) is 60.0 Å². The summed E-state index contributed by atoms with van der Waals surface area (Å²) >= 11 is 0. The van der Waals surface area contributed by atoms with Crippen LogP contribution in [0, 0.1) is 0 Å². The smallest absolute Gasteiger partial charge is 0.248 e. The third kappa shape index (κ3) is 5.13. The number of ether oxygens (including phenoxy) is 1. The molecule has 0 aliphatic carbocycles. The highest BCUT2D eigenvalue weighted by Crippen LogP contribution is 2.30. The Morgan fingerprint density at radius 2 is 1.65 bits per heavy atom. The number of aromatic nitrogens is 2. The third-order valence-electron chi connectivity index (χ3n) is 5.15. The number of hydrogen-bond acceptors (Lipinski definition) is 7. The molecule has 0 radical (unpaired) electrons. The summed E-state index contributed by atoms with van der Waals surface area (Å²) in [4.78, 5) is 20.5. The molecule has 0 bridgehead atoms. The van der Waals surface area contributed by atoms with Gasteiger partial charge in [0.25, 0.3) is 0 Å². The van der Waals surface area contributed by atoms with Gasteiger partial charge in [0.2, 0.25) is 27.8 Å². The van der Waals surface area contributed by atoms with Gasteiger partial charge < -0.3 is 15.8 Å². The van der Waals surface area contributed by atoms with Gasteiger partial charge in [-0.15, -0.1) is 0 Å². The third-order valence-corrected chi connectivity index (χ3v) is 6.08. The predicted molar refractivity (Wildman–Crippen MR) is 130 cm³/mol. The van der Waals surface area contributed by atoms with E-state index < -0.39 is 15.9 Å². The minimum Gasteiger partial charge on any atom is -0.477 e. The second-order valence-corrected chi connectivity index (χ2v) is 9.06. The van der Waals surface area contributed by atoms with Crippen LogP contribution in [0.5, 0.6) is 5.88 Å². The first-order valence-corrected chi connectivity index (χ1v) is 12.0. The Kier molecular flexibility index (Phi) is 6.44. The van der Waals surface area contributed by atoms with Gasteiger partial charge in [-0.3, -0.25) is 4.79 Å². The van der Waals surface area contributed by atoms with E-state index in [4.69, 9.17) is 15.6 Å². The first-order chi connectivity index (χ1) is 16.2. The van der Waals surface area contributed by atoms with Crippen LogP contribution in [0.3, 0.4) is 0 Å². The molecule has 10 heteroatoms. The average Bonchev–Trinajstić information content (AvgIpc) is 2.82. The Balaban J connectivity index is 1.61. The average molecular weight is 478 g/mol. The van der Waals surface area contributed by atoms with Crippen molar-refractivity contribution < 1.29 is 17.9 Å². The van der Waals surface area contributed by atoms with Crippen LogP contribution in [0.2, 0.25) is 0 Å². The normalized spacial score (nSPS) is 11.4. The lowest BCUT2D eigenvalue weighted by Crippen LogP contribution is -2.12. The monoisotopic (exact) mass is 477 g/mol. The molecule has 174 valence electrons. The molecule has 0 unspecified atom stereocenters. The summed E-state index contributed by atoms with van der Waals surface area (Å²) in [6.07, 6.45) is 0. The molecule has 3 aromatic carbocycles. The minimum atomic E-state index is -3.73. The molecule has 4 rings (SSSR count). The number of carbonyl (C=O) groups is 1. The number of nitrogens with zero attached hydrogens (tertiary/aromatic N) is 2. The molecule has 0 aliphatic rings. The van der Waals surface area contributed by atoms with Crippen molar-refractivity contribution >= 4 is 32.8 Å². The first kappa shape index (κ1) is 23.1. The Morgan fingerprint density at radius 3 is 2.26 bits per heavy atom. The van der Waals surface area contributed by atoms with Gasteiger partial charge in [-0.2, -0.15) is 4.98 Å². The van der Waals surface area contributed by atoms with Crippen LogP contribution in [0.15, 0.2) is 71.6 Å². The summed E-state index contributed by atoms with van der Waals surface area (Å²) in [5.74, 6) is 0.345. The van der Waals surface area contributed by atoms with E-state index >= 15 is 0 Å². The zero-order chi connectivity index (χ0) is 24.3. The van der Waals surface area contributed by atoms with Crippen LogP contribution >= 0.6 is 0 Å². The van der Waals surface area contributed by atoms with E-state index in [1.807, 2.05) is 37.3 Å². The summed E-state index contributed by atoms with van der Waals surface area (Å²) in [6.45, 7) is 2.69. The Labute approximate surface area is 196 Å². The van der Waals surface area contributed by atoms with Gasteiger partial charge >= 0.3 is 0 Å². The number of sulfonamides is 1. The summed E-state index contributed by atoms with van der Waals surface area (Å²) in [6, 6.07) is 19.0. The molecule has 0 saturated carbocycles. The van der Waals surface area contributed by atoms with Crippen molar-refractivity contribution in [2.45, 2.75) is 18.4 Å². The van der Waals surface area contributed by atoms with Crippen LogP contribution in [0.1, 0.15) is 22.8 Å². The minimum absolute atomic E-state index is 0.0527. The number of carbonyl (C=O) groups excluding carboxylic acids is 1. The van der Waals surface area contributed by atoms with E-state index in [0.717, 1.165) is 22.1 Å². The number of rotatable bonds is 8. The molecule has 34 heavy (non-hydrogen) atoms. The molecule has 0 aliphatic heterocycles. The second kappa shape index (κ2) is 9.46. The molecule has 0 spiro atoms. The number of nitrogens with two attached hydrogens (primary N) is 2. The Morgan fingerprint density at radius 1 is 0.971 bits per heavy atom. The van der Waals surface area contributed by atoms with E-state index in [2.05, 4.69) is 15.3 Å². The number of primary amides is 1. The summed E-state index contributed by atoms with van der Waals surface area (Å²) in [5.41, 5.74) is 9.14. The summed E-state index contributed by atoms with van der Waals surface area (Å²) in [7, 11) is -3.73. The fourth-order valence-electron chi connectivity index (χ4n) is 3.41. The van der Waals surface area contributed by atoms with Crippen molar-refractivity contribution in [2.75, 3.05) is 11.9 Å². The molecule has 5 N–H and O–H groups in total. The van der Waals surface area contributed by atoms with Crippen molar-refractivity contribution in [1.29, 1.82) is 0 Å². The van der Waals surface area contributed by atoms with E-state index in [9.17, 15) is 13.2 Å². The zero-order valence-electron chi connectivity index (χ0n) is 18.4. The van der Waals surface area contributed by atoms with E-state index in [1.165, 1.54) is 12.1 Å². The van der Waals surface area contributed by atoms with E-state index in [1.54, 1.807) is 24.3 Å². The highest BCUT2D eigenvalue weighted by Gasteiger charge is 2.12. The van der Waals surface area contributed by atoms with Crippen LogP contribution in [-0.2, 0) is 16.6 Å². The Hall–Kier alpha value is -4.02. The van der Waals surface area contributed by atoms with Gasteiger partial charge in [-0.25, -0.2) is 18.5 Å². The SMILES string of the molecule is CCOc1nc(NCc2ccc(S(N)(=O)=O)cc2)nc2ccc(-c3ccc(C(N)=O)cc3)cc12. The number of amides is 1. The molecule has 1 heterocycles. The lowest BCUT2D eigenvalue weighted by molar-refractivity contribution is 0.100. The second-order valence-electron chi connectivity index (χ2n) is 7.50. The standard InChI is InChI=1S/C24H23N5O4S/c1-2-33-23-20-13-18(16-5-7-17(8-6-16)22(25)30)9-12-21(20)28-24(29-23)27-14-15-3-10-19(11-4-15)34(26,31)32/h3-13H,2,14H2,1H3,(H2,25,30)(H2,26,31,32)(H,27,28,29). The van der Waals surface area contributed by atoms with Crippen LogP contribution in [0.25, 0.3) is 22.0 Å². The van der Waals surface area contributed by atoms with Gasteiger partial charge in [0.1, 0.15) is 0 Å². The highest BCUT2D eigenvalue weighted by atomic mass is 32.2. The number of anilines is 1. The molecule has 1 aromatic heterocycles. The molecule has 4 aromatic rings. The maximum atomic E-state index is 11.4. The quantitative estimate of drug-likeness (QED) is 0.353.